The Labute approximate surface area is 501 Å². The van der Waals surface area contributed by atoms with Gasteiger partial charge in [-0.1, -0.05) is 61.5 Å². The van der Waals surface area contributed by atoms with E-state index in [9.17, 15) is 63.6 Å². The fourth-order valence-corrected chi connectivity index (χ4v) is 9.15. The predicted molar refractivity (Wildman–Crippen MR) is 322 cm³/mol. The first-order valence-electron chi connectivity index (χ1n) is 29.0. The van der Waals surface area contributed by atoms with Gasteiger partial charge >= 0.3 is 23.9 Å². The number of anilines is 1. The van der Waals surface area contributed by atoms with Gasteiger partial charge in [-0.15, -0.1) is 0 Å². The average molecular weight is 1200 g/mol. The Hall–Kier alpha value is -8.44. The molecule has 1 saturated heterocycles. The minimum Gasteiger partial charge on any atom is -0.508 e. The highest BCUT2D eigenvalue weighted by molar-refractivity contribution is 5.93. The minimum absolute atomic E-state index is 0.00926. The van der Waals surface area contributed by atoms with E-state index in [1.54, 1.807) is 33.8 Å². The first-order chi connectivity index (χ1) is 41.3. The van der Waals surface area contributed by atoms with Crippen LogP contribution in [0.3, 0.4) is 0 Å². The number of hydrogen-bond donors (Lipinski definition) is 14. The van der Waals surface area contributed by atoms with Crippen LogP contribution in [0.2, 0.25) is 0 Å². The number of hydrogen-bond acceptors (Lipinski definition) is 16. The molecule has 28 nitrogen and oxygen atoms in total. The van der Waals surface area contributed by atoms with Crippen molar-refractivity contribution >= 4 is 65.1 Å². The van der Waals surface area contributed by atoms with Crippen molar-refractivity contribution in [2.24, 2.45) is 16.5 Å². The monoisotopic (exact) mass is 1200 g/mol. The van der Waals surface area contributed by atoms with E-state index in [-0.39, 0.29) is 127 Å². The van der Waals surface area contributed by atoms with Gasteiger partial charge in [-0.3, -0.25) is 58.0 Å². The fraction of sp³-hybridized carbons (Fsp3) is 0.517. The molecule has 1 aliphatic heterocycles. The van der Waals surface area contributed by atoms with Gasteiger partial charge < -0.3 is 74.4 Å². The number of carboxylic acids is 3. The second kappa shape index (κ2) is 39.2. The number of amides is 7. The lowest BCUT2D eigenvalue weighted by Gasteiger charge is -2.32. The molecule has 0 aromatic heterocycles. The average Bonchev–Trinajstić information content (AvgIpc) is 2.39. The maximum Gasteiger partial charge on any atom is 0.344 e. The number of phenols is 1. The van der Waals surface area contributed by atoms with Crippen LogP contribution in [0, 0.1) is 0 Å². The van der Waals surface area contributed by atoms with Gasteiger partial charge in [0, 0.05) is 110 Å². The molecule has 86 heavy (non-hydrogen) atoms. The van der Waals surface area contributed by atoms with Crippen molar-refractivity contribution in [3.8, 4) is 5.75 Å². The molecule has 3 aromatic rings. The summed E-state index contributed by atoms with van der Waals surface area (Å²) in [4.78, 5) is 123. The second-order valence-electron chi connectivity index (χ2n) is 20.7. The number of aliphatic carboxylic acids is 3. The van der Waals surface area contributed by atoms with Gasteiger partial charge in [0.1, 0.15) is 11.8 Å². The van der Waals surface area contributed by atoms with E-state index in [1.807, 2.05) is 59.5 Å². The van der Waals surface area contributed by atoms with Crippen LogP contribution in [0.1, 0.15) is 74.5 Å². The number of nitrogens with one attached hydrogen (secondary N) is 8. The van der Waals surface area contributed by atoms with E-state index in [4.69, 9.17) is 11.5 Å². The number of aromatic hydroxyl groups is 1. The van der Waals surface area contributed by atoms with Crippen LogP contribution in [-0.4, -0.2) is 229 Å². The van der Waals surface area contributed by atoms with E-state index in [0.29, 0.717) is 82.4 Å². The number of urea groups is 1. The zero-order chi connectivity index (χ0) is 62.6. The predicted octanol–water partition coefficient (Wildman–Crippen LogP) is -0.747. The number of carbonyl (C=O) groups excluding carboxylic acids is 6. The van der Waals surface area contributed by atoms with Crippen LogP contribution in [-0.2, 0) is 44.9 Å². The molecule has 28 heteroatoms. The number of nitrogens with zero attached hydrogens (tertiary/aromatic N) is 5. The summed E-state index contributed by atoms with van der Waals surface area (Å²) in [6.07, 6.45) is 2.91. The van der Waals surface area contributed by atoms with Crippen molar-refractivity contribution in [3.05, 3.63) is 95.6 Å². The second-order valence-corrected chi connectivity index (χ2v) is 20.7. The molecule has 0 aliphatic carbocycles. The summed E-state index contributed by atoms with van der Waals surface area (Å²) in [6.45, 7) is 5.11. The standard InChI is InChI=1S/C58H87N15O13/c1-2-48(75)63-26-27-66-58(86)69-57(60)65-23-8-13-47(55(84)67-36-41-14-20-45(74)21-15-41)68-56(85)53(42-10-4-3-5-11-42)43-16-18-44(19-17-43)61-24-9-25-64-54(83)46(59)12-6-7-22-62-49(76)37-70-28-30-71(38-50(77)78)32-34-73(40-52(81)82)35-33-72(31-29-70)39-51(79)80/h3-5,10-11,14-21,46-47,53,61,74H,2,6-9,12-13,22-40,59H2,1H3,(H,62,76)(H,63,75)(H,64,83)(H,67,84)(H,68,85)(H,77,78)(H,79,80)(H,81,82)(H4,60,65,66,69,86)/t46-,47-,53+/m1/s1. The highest BCUT2D eigenvalue weighted by Crippen LogP contribution is 2.27. The Bertz CT molecular complexity index is 2620. The van der Waals surface area contributed by atoms with Gasteiger partial charge in [-0.2, -0.15) is 4.99 Å². The van der Waals surface area contributed by atoms with Gasteiger partial charge in [0.2, 0.25) is 29.5 Å². The number of rotatable bonds is 34. The Morgan fingerprint density at radius 1 is 0.523 bits per heavy atom. The summed E-state index contributed by atoms with van der Waals surface area (Å²) < 4.78 is 0. The summed E-state index contributed by atoms with van der Waals surface area (Å²) in [5, 5.41) is 61.1. The number of aliphatic imine (C=N–C) groups is 1. The van der Waals surface area contributed by atoms with Crippen molar-refractivity contribution in [2.75, 3.05) is 123 Å². The van der Waals surface area contributed by atoms with Crippen LogP contribution < -0.4 is 54.0 Å². The molecular formula is C58H87N15O13. The highest BCUT2D eigenvalue weighted by Gasteiger charge is 2.29. The van der Waals surface area contributed by atoms with Gasteiger partial charge in [0.25, 0.3) is 0 Å². The number of carbonyl (C=O) groups is 9. The topological polar surface area (TPSA) is 408 Å². The highest BCUT2D eigenvalue weighted by atomic mass is 16.4. The molecular weight excluding hydrogens is 1110 g/mol. The molecule has 0 spiro atoms. The lowest BCUT2D eigenvalue weighted by Crippen LogP contribution is -2.49. The molecule has 1 heterocycles. The third-order valence-electron chi connectivity index (χ3n) is 13.9. The molecule has 16 N–H and O–H groups in total. The van der Waals surface area contributed by atoms with E-state index < -0.39 is 53.8 Å². The quantitative estimate of drug-likeness (QED) is 0.0199. The molecule has 4 rings (SSSR count). The SMILES string of the molecule is CCC(=O)NCCNC(=O)/N=C(/N)NCCC[C@@H](NC(=O)[C@@H](c1ccccc1)c1ccc(NCCCNC(=O)[C@H](N)CCCCNC(=O)CN2CCN(CC(=O)O)CCN(CC(=O)O)CCN(CC(=O)O)CC2)cc1)C(=O)NCc1ccc(O)cc1. The normalized spacial score (nSPS) is 15.0. The molecule has 3 atom stereocenters. The van der Waals surface area contributed by atoms with Crippen LogP contribution in [0.15, 0.2) is 83.9 Å². The van der Waals surface area contributed by atoms with E-state index in [2.05, 4.69) is 47.5 Å². The Kier molecular flexibility index (Phi) is 32.0. The number of phenolic OH excluding ortho intramolecular Hbond substituents is 1. The number of unbranched alkanes of at least 4 members (excludes halogenated alkanes) is 1. The van der Waals surface area contributed by atoms with Crippen LogP contribution >= 0.6 is 0 Å². The Balaban J connectivity index is 1.23. The third-order valence-corrected chi connectivity index (χ3v) is 13.9. The first kappa shape index (κ1) is 70.0. The van der Waals surface area contributed by atoms with Crippen molar-refractivity contribution < 1.29 is 63.6 Å². The lowest BCUT2D eigenvalue weighted by molar-refractivity contribution is -0.140. The first-order valence-corrected chi connectivity index (χ1v) is 29.0. The smallest absolute Gasteiger partial charge is 0.344 e. The molecule has 0 radical (unpaired) electrons. The molecule has 1 aliphatic rings. The zero-order valence-corrected chi connectivity index (χ0v) is 49.0. The molecule has 7 amide bonds. The number of benzene rings is 3. The maximum atomic E-state index is 14.4. The third kappa shape index (κ3) is 28.9. The van der Waals surface area contributed by atoms with E-state index >= 15 is 0 Å². The molecule has 0 unspecified atom stereocenters. The van der Waals surface area contributed by atoms with Crippen molar-refractivity contribution in [1.82, 2.24) is 56.8 Å². The van der Waals surface area contributed by atoms with Gasteiger partial charge in [0.15, 0.2) is 5.96 Å². The summed E-state index contributed by atoms with van der Waals surface area (Å²) >= 11 is 0. The van der Waals surface area contributed by atoms with Crippen molar-refractivity contribution in [1.29, 1.82) is 0 Å². The summed E-state index contributed by atoms with van der Waals surface area (Å²) in [5.41, 5.74) is 15.0. The summed E-state index contributed by atoms with van der Waals surface area (Å²) in [7, 11) is 0. The largest absolute Gasteiger partial charge is 0.508 e. The fourth-order valence-electron chi connectivity index (χ4n) is 9.15. The van der Waals surface area contributed by atoms with Gasteiger partial charge in [-0.05, 0) is 79.5 Å². The molecule has 472 valence electrons. The lowest BCUT2D eigenvalue weighted by atomic mass is 9.90. The van der Waals surface area contributed by atoms with Crippen molar-refractivity contribution in [2.45, 2.75) is 76.4 Å². The van der Waals surface area contributed by atoms with E-state index in [0.717, 1.165) is 11.3 Å². The molecule has 0 saturated carbocycles. The van der Waals surface area contributed by atoms with Gasteiger partial charge in [-0.25, -0.2) is 4.79 Å². The number of carboxylic acid groups (broad SMARTS) is 3. The molecule has 3 aromatic carbocycles. The Morgan fingerprint density at radius 2 is 1.05 bits per heavy atom. The van der Waals surface area contributed by atoms with Gasteiger partial charge in [0.05, 0.1) is 38.1 Å². The van der Waals surface area contributed by atoms with Crippen LogP contribution in [0.25, 0.3) is 0 Å². The number of nitrogens with two attached hydrogens (primary N) is 2. The van der Waals surface area contributed by atoms with E-state index in [1.165, 1.54) is 12.1 Å². The minimum atomic E-state index is -1.04. The Morgan fingerprint density at radius 3 is 1.62 bits per heavy atom. The van der Waals surface area contributed by atoms with Crippen molar-refractivity contribution in [3.63, 3.8) is 0 Å². The summed E-state index contributed by atoms with van der Waals surface area (Å²) in [5.74, 6) is -5.59. The molecule has 1 fully saturated rings. The van der Waals surface area contributed by atoms with Crippen LogP contribution in [0.4, 0.5) is 10.5 Å². The summed E-state index contributed by atoms with van der Waals surface area (Å²) in [6, 6.07) is 20.4. The zero-order valence-electron chi connectivity index (χ0n) is 49.0. The maximum absolute atomic E-state index is 14.4. The molecule has 0 bridgehead atoms. The number of guanidine groups is 1. The van der Waals surface area contributed by atoms with Crippen LogP contribution in [0.5, 0.6) is 5.75 Å².